The van der Waals surface area contributed by atoms with Gasteiger partial charge in [-0.25, -0.2) is 0 Å². The van der Waals surface area contributed by atoms with Crippen LogP contribution in [-0.4, -0.2) is 57.1 Å². The van der Waals surface area contributed by atoms with E-state index in [1.165, 1.54) is 0 Å². The van der Waals surface area contributed by atoms with Crippen LogP contribution in [0.1, 0.15) is 25.3 Å². The Morgan fingerprint density at radius 2 is 2.15 bits per heavy atom. The Hall–Kier alpha value is -1.06. The summed E-state index contributed by atoms with van der Waals surface area (Å²) in [5, 5.41) is 15.9. The average Bonchev–Trinajstić information content (AvgIpc) is 3.07. The van der Waals surface area contributed by atoms with E-state index >= 15 is 0 Å². The number of aliphatic hydroxyl groups is 1. The molecule has 1 aromatic rings. The zero-order chi connectivity index (χ0) is 18.0. The first-order valence-electron chi connectivity index (χ1n) is 9.08. The van der Waals surface area contributed by atoms with Crippen molar-refractivity contribution < 1.29 is 14.6 Å². The number of nitrogens with one attached hydrogen (secondary N) is 2. The summed E-state index contributed by atoms with van der Waals surface area (Å²) in [4.78, 5) is 4.70. The largest absolute Gasteiger partial charge is 0.491 e. The summed E-state index contributed by atoms with van der Waals surface area (Å²) in [7, 11) is 0. The molecule has 2 rings (SSSR count). The first kappa shape index (κ1) is 23.0. The molecule has 1 atom stereocenters. The maximum Gasteiger partial charge on any atom is 0.191 e. The van der Waals surface area contributed by atoms with Crippen LogP contribution in [0.25, 0.3) is 0 Å². The van der Waals surface area contributed by atoms with Crippen LogP contribution in [-0.2, 0) is 4.74 Å². The standard InChI is InChI=1S/C19H31N3O3.HI/c1-3-20-18(22-14-19(8-11-23)9-12-24-15-19)21-10-13-25-17-7-5-4-6-16(17)2;/h4-7,23H,3,8-15H2,1-2H3,(H2,20,21,22);1H. The summed E-state index contributed by atoms with van der Waals surface area (Å²) < 4.78 is 11.3. The van der Waals surface area contributed by atoms with Gasteiger partial charge in [0.15, 0.2) is 5.96 Å². The lowest BCUT2D eigenvalue weighted by Gasteiger charge is -2.24. The van der Waals surface area contributed by atoms with Crippen molar-refractivity contribution in [2.24, 2.45) is 10.4 Å². The molecule has 7 heteroatoms. The molecule has 1 aliphatic rings. The number of para-hydroxylation sites is 1. The summed E-state index contributed by atoms with van der Waals surface area (Å²) in [5.41, 5.74) is 1.10. The van der Waals surface area contributed by atoms with Crippen molar-refractivity contribution in [3.8, 4) is 5.75 Å². The Kier molecular flexibility index (Phi) is 10.9. The first-order valence-corrected chi connectivity index (χ1v) is 9.08. The van der Waals surface area contributed by atoms with Gasteiger partial charge in [0.1, 0.15) is 12.4 Å². The molecule has 3 N–H and O–H groups in total. The lowest BCUT2D eigenvalue weighted by atomic mass is 9.84. The first-order chi connectivity index (χ1) is 12.2. The van der Waals surface area contributed by atoms with Crippen molar-refractivity contribution in [2.75, 3.05) is 46.1 Å². The number of benzene rings is 1. The lowest BCUT2D eigenvalue weighted by molar-refractivity contribution is 0.131. The molecule has 1 aliphatic heterocycles. The average molecular weight is 477 g/mol. The zero-order valence-corrected chi connectivity index (χ0v) is 18.1. The van der Waals surface area contributed by atoms with Crippen molar-refractivity contribution >= 4 is 29.9 Å². The van der Waals surface area contributed by atoms with Gasteiger partial charge in [0.2, 0.25) is 0 Å². The normalized spacial score (nSPS) is 19.7. The number of aliphatic imine (C=N–C) groups is 1. The highest BCUT2D eigenvalue weighted by Gasteiger charge is 2.34. The molecule has 6 nitrogen and oxygen atoms in total. The van der Waals surface area contributed by atoms with E-state index in [4.69, 9.17) is 14.5 Å². The number of rotatable bonds is 9. The number of hydrogen-bond acceptors (Lipinski definition) is 4. The Morgan fingerprint density at radius 1 is 1.35 bits per heavy atom. The third-order valence-electron chi connectivity index (χ3n) is 4.49. The van der Waals surface area contributed by atoms with Gasteiger partial charge in [-0.1, -0.05) is 18.2 Å². The van der Waals surface area contributed by atoms with Gasteiger partial charge in [0.05, 0.1) is 19.7 Å². The SMILES string of the molecule is CCNC(=NCC1(CCO)CCOC1)NCCOc1ccccc1C.I. The fraction of sp³-hybridized carbons (Fsp3) is 0.632. The Morgan fingerprint density at radius 3 is 2.81 bits per heavy atom. The maximum absolute atomic E-state index is 9.31. The highest BCUT2D eigenvalue weighted by molar-refractivity contribution is 14.0. The van der Waals surface area contributed by atoms with Crippen LogP contribution in [0.4, 0.5) is 0 Å². The molecule has 26 heavy (non-hydrogen) atoms. The van der Waals surface area contributed by atoms with Crippen LogP contribution < -0.4 is 15.4 Å². The number of aryl methyl sites for hydroxylation is 1. The Labute approximate surface area is 173 Å². The summed E-state index contributed by atoms with van der Waals surface area (Å²) in [6.45, 7) is 8.38. The summed E-state index contributed by atoms with van der Waals surface area (Å²) >= 11 is 0. The highest BCUT2D eigenvalue weighted by Crippen LogP contribution is 2.32. The van der Waals surface area contributed by atoms with Gasteiger partial charge in [-0.3, -0.25) is 4.99 Å². The Bertz CT molecular complexity index is 549. The van der Waals surface area contributed by atoms with Crippen LogP contribution in [0.2, 0.25) is 0 Å². The molecule has 0 bridgehead atoms. The minimum atomic E-state index is -0.0330. The van der Waals surface area contributed by atoms with E-state index in [1.807, 2.05) is 38.1 Å². The summed E-state index contributed by atoms with van der Waals surface area (Å²) in [6.07, 6.45) is 1.68. The van der Waals surface area contributed by atoms with Gasteiger partial charge in [0.25, 0.3) is 0 Å². The van der Waals surface area contributed by atoms with Crippen molar-refractivity contribution in [3.63, 3.8) is 0 Å². The molecule has 0 saturated carbocycles. The molecular weight excluding hydrogens is 445 g/mol. The minimum absolute atomic E-state index is 0. The maximum atomic E-state index is 9.31. The van der Waals surface area contributed by atoms with Crippen molar-refractivity contribution in [1.82, 2.24) is 10.6 Å². The van der Waals surface area contributed by atoms with Gasteiger partial charge in [-0.15, -0.1) is 24.0 Å². The molecule has 1 heterocycles. The number of aliphatic hydroxyl groups excluding tert-OH is 1. The van der Waals surface area contributed by atoms with Crippen LogP contribution in [0, 0.1) is 12.3 Å². The highest BCUT2D eigenvalue weighted by atomic mass is 127. The number of nitrogens with zero attached hydrogens (tertiary/aromatic N) is 1. The van der Waals surface area contributed by atoms with Crippen LogP contribution in [0.3, 0.4) is 0 Å². The third kappa shape index (κ3) is 7.28. The predicted octanol–water partition coefficient (Wildman–Crippen LogP) is 2.34. The van der Waals surface area contributed by atoms with E-state index in [-0.39, 0.29) is 36.0 Å². The number of ether oxygens (including phenoxy) is 2. The lowest BCUT2D eigenvalue weighted by Crippen LogP contribution is -2.40. The van der Waals surface area contributed by atoms with E-state index in [9.17, 15) is 5.11 Å². The molecule has 148 valence electrons. The van der Waals surface area contributed by atoms with E-state index in [0.717, 1.165) is 43.3 Å². The second-order valence-corrected chi connectivity index (χ2v) is 6.51. The molecule has 0 amide bonds. The van der Waals surface area contributed by atoms with Gasteiger partial charge < -0.3 is 25.2 Å². The molecule has 0 aliphatic carbocycles. The number of guanidine groups is 1. The molecule has 0 aromatic heterocycles. The molecular formula is C19H32IN3O3. The van der Waals surface area contributed by atoms with Gasteiger partial charge in [-0.05, 0) is 38.3 Å². The van der Waals surface area contributed by atoms with Crippen molar-refractivity contribution in [3.05, 3.63) is 29.8 Å². The van der Waals surface area contributed by atoms with Crippen LogP contribution >= 0.6 is 24.0 Å². The number of halogens is 1. The van der Waals surface area contributed by atoms with Crippen LogP contribution in [0.5, 0.6) is 5.75 Å². The summed E-state index contributed by atoms with van der Waals surface area (Å²) in [5.74, 6) is 1.69. The van der Waals surface area contributed by atoms with E-state index in [1.54, 1.807) is 0 Å². The van der Waals surface area contributed by atoms with Gasteiger partial charge in [-0.2, -0.15) is 0 Å². The quantitative estimate of drug-likeness (QED) is 0.220. The molecule has 1 aromatic carbocycles. The third-order valence-corrected chi connectivity index (χ3v) is 4.49. The van der Waals surface area contributed by atoms with Gasteiger partial charge >= 0.3 is 0 Å². The fourth-order valence-corrected chi connectivity index (χ4v) is 2.92. The Balaban J connectivity index is 0.00000338. The van der Waals surface area contributed by atoms with Gasteiger partial charge in [0, 0.05) is 25.2 Å². The molecule has 0 radical (unpaired) electrons. The van der Waals surface area contributed by atoms with E-state index in [0.29, 0.717) is 26.3 Å². The molecule has 1 unspecified atom stereocenters. The smallest absolute Gasteiger partial charge is 0.191 e. The molecule has 1 saturated heterocycles. The predicted molar refractivity (Wildman–Crippen MR) is 116 cm³/mol. The zero-order valence-electron chi connectivity index (χ0n) is 15.8. The minimum Gasteiger partial charge on any atom is -0.491 e. The van der Waals surface area contributed by atoms with E-state index in [2.05, 4.69) is 10.6 Å². The summed E-state index contributed by atoms with van der Waals surface area (Å²) in [6, 6.07) is 8.00. The fourth-order valence-electron chi connectivity index (χ4n) is 2.92. The monoisotopic (exact) mass is 477 g/mol. The van der Waals surface area contributed by atoms with Crippen molar-refractivity contribution in [2.45, 2.75) is 26.7 Å². The number of hydrogen-bond donors (Lipinski definition) is 3. The van der Waals surface area contributed by atoms with Crippen LogP contribution in [0.15, 0.2) is 29.3 Å². The second kappa shape index (κ2) is 12.3. The topological polar surface area (TPSA) is 75.1 Å². The molecule has 0 spiro atoms. The van der Waals surface area contributed by atoms with E-state index < -0.39 is 0 Å². The molecule has 1 fully saturated rings. The second-order valence-electron chi connectivity index (χ2n) is 6.51. The van der Waals surface area contributed by atoms with Crippen molar-refractivity contribution in [1.29, 1.82) is 0 Å².